The van der Waals surface area contributed by atoms with E-state index in [1.165, 1.54) is 0 Å². The van der Waals surface area contributed by atoms with Gasteiger partial charge < -0.3 is 0 Å². The van der Waals surface area contributed by atoms with Crippen molar-refractivity contribution in [2.75, 3.05) is 0 Å². The van der Waals surface area contributed by atoms with Gasteiger partial charge in [0, 0.05) is 0 Å². The summed E-state index contributed by atoms with van der Waals surface area (Å²) in [5.74, 6) is 0. The minimum absolute atomic E-state index is 0.215. The van der Waals surface area contributed by atoms with E-state index in [0.717, 1.165) is 51.4 Å². The first-order chi connectivity index (χ1) is 10.9. The summed E-state index contributed by atoms with van der Waals surface area (Å²) in [7, 11) is 0. The summed E-state index contributed by atoms with van der Waals surface area (Å²) < 4.78 is 11.6. The third-order valence-electron chi connectivity index (χ3n) is 4.17. The molecule has 24 heavy (non-hydrogen) atoms. The van der Waals surface area contributed by atoms with Gasteiger partial charge >= 0.3 is 157 Å². The Hall–Kier alpha value is -0.0613. The molecule has 0 aromatic heterocycles. The standard InChI is InChI=1S/2C10H19O.O.Sn/c2*1-10(2,3)8-6-4-5-7-9-11;;/h2*4-8H2,1-3H3;;. The quantitative estimate of drug-likeness (QED) is 0.290. The predicted molar refractivity (Wildman–Crippen MR) is 102 cm³/mol. The maximum atomic E-state index is 12.1. The summed E-state index contributed by atoms with van der Waals surface area (Å²) >= 11 is -3.69. The number of unbranched alkanes of at least 4 members (excludes halogenated alkanes) is 4. The Kier molecular flexibility index (Phi) is 11.5. The Morgan fingerprint density at radius 2 is 0.958 bits per heavy atom. The molecule has 0 N–H and O–H groups in total. The summed E-state index contributed by atoms with van der Waals surface area (Å²) in [5.41, 5.74) is 0.652. The van der Waals surface area contributed by atoms with Crippen molar-refractivity contribution in [3.8, 4) is 0 Å². The molecular weight excluding hydrogens is 407 g/mol. The summed E-state index contributed by atoms with van der Waals surface area (Å²) in [6.07, 6.45) is 8.68. The van der Waals surface area contributed by atoms with Crippen molar-refractivity contribution in [2.45, 2.75) is 106 Å². The van der Waals surface area contributed by atoms with Gasteiger partial charge in [-0.1, -0.05) is 0 Å². The molecule has 0 aromatic carbocycles. The van der Waals surface area contributed by atoms with Crippen LogP contribution in [0.15, 0.2) is 0 Å². The zero-order chi connectivity index (χ0) is 18.8. The third kappa shape index (κ3) is 14.3. The Bertz CT molecular complexity index is 376. The predicted octanol–water partition coefficient (Wildman–Crippen LogP) is 5.62. The molecule has 0 aliphatic carbocycles. The molecule has 0 saturated heterocycles. The van der Waals surface area contributed by atoms with Gasteiger partial charge in [0.15, 0.2) is 0 Å². The average molecular weight is 445 g/mol. The van der Waals surface area contributed by atoms with Crippen molar-refractivity contribution in [1.82, 2.24) is 0 Å². The molecular formula is C20H38O3Sn. The molecule has 4 heteroatoms. The van der Waals surface area contributed by atoms with E-state index in [4.69, 9.17) is 0 Å². The monoisotopic (exact) mass is 446 g/mol. The molecule has 0 aliphatic heterocycles. The first kappa shape index (κ1) is 23.9. The molecule has 3 nitrogen and oxygen atoms in total. The first-order valence-corrected chi connectivity index (χ1v) is 13.5. The van der Waals surface area contributed by atoms with Crippen LogP contribution in [0.5, 0.6) is 0 Å². The SMILES string of the molecule is CC(C)(C)CCCCC[C](=O)[Sn](=[O])[C](=O)CCCCCC(C)(C)C. The van der Waals surface area contributed by atoms with Crippen LogP contribution >= 0.6 is 0 Å². The molecule has 0 atom stereocenters. The Labute approximate surface area is 156 Å². The van der Waals surface area contributed by atoms with Gasteiger partial charge in [0.25, 0.3) is 0 Å². The molecule has 0 bridgehead atoms. The first-order valence-electron chi connectivity index (χ1n) is 9.53. The zero-order valence-electron chi connectivity index (χ0n) is 16.8. The fourth-order valence-electron chi connectivity index (χ4n) is 2.62. The van der Waals surface area contributed by atoms with Crippen LogP contribution in [0.1, 0.15) is 106 Å². The molecule has 0 amide bonds. The second-order valence-corrected chi connectivity index (χ2v) is 14.5. The molecule has 0 aliphatic rings. The summed E-state index contributed by atoms with van der Waals surface area (Å²) in [6, 6.07) is 0. The van der Waals surface area contributed by atoms with E-state index in [-0.39, 0.29) is 7.60 Å². The van der Waals surface area contributed by atoms with E-state index in [1.807, 2.05) is 0 Å². The number of carbonyl (C=O) groups is 2. The number of hydrogen-bond donors (Lipinski definition) is 0. The van der Waals surface area contributed by atoms with Gasteiger partial charge in [0.05, 0.1) is 0 Å². The summed E-state index contributed by atoms with van der Waals surface area (Å²) in [4.78, 5) is 23.8. The van der Waals surface area contributed by atoms with Gasteiger partial charge in [-0.05, 0) is 0 Å². The van der Waals surface area contributed by atoms with Crippen LogP contribution in [0.25, 0.3) is 0 Å². The van der Waals surface area contributed by atoms with Crippen molar-refractivity contribution in [3.05, 3.63) is 0 Å². The normalized spacial score (nSPS) is 12.2. The summed E-state index contributed by atoms with van der Waals surface area (Å²) in [5, 5.41) is 0. The molecule has 0 spiro atoms. The third-order valence-corrected chi connectivity index (χ3v) is 8.49. The second-order valence-electron chi connectivity index (χ2n) is 9.42. The Morgan fingerprint density at radius 3 is 1.25 bits per heavy atom. The average Bonchev–Trinajstić information content (AvgIpc) is 2.42. The molecule has 0 rings (SSSR count). The minimum atomic E-state index is -3.69. The van der Waals surface area contributed by atoms with Gasteiger partial charge in [-0.2, -0.15) is 0 Å². The zero-order valence-corrected chi connectivity index (χ0v) is 19.6. The van der Waals surface area contributed by atoms with E-state index in [1.54, 1.807) is 0 Å². The topological polar surface area (TPSA) is 51.2 Å². The van der Waals surface area contributed by atoms with E-state index in [9.17, 15) is 12.7 Å². The van der Waals surface area contributed by atoms with E-state index < -0.39 is 19.7 Å². The van der Waals surface area contributed by atoms with E-state index in [2.05, 4.69) is 41.5 Å². The van der Waals surface area contributed by atoms with Gasteiger partial charge in [0.2, 0.25) is 0 Å². The van der Waals surface area contributed by atoms with Gasteiger partial charge in [-0.25, -0.2) is 0 Å². The van der Waals surface area contributed by atoms with Crippen LogP contribution in [-0.2, 0) is 12.7 Å². The van der Waals surface area contributed by atoms with Crippen molar-refractivity contribution in [2.24, 2.45) is 10.8 Å². The molecule has 0 fully saturated rings. The number of rotatable bonds is 12. The van der Waals surface area contributed by atoms with Crippen molar-refractivity contribution < 1.29 is 12.7 Å². The molecule has 0 heterocycles. The fourth-order valence-corrected chi connectivity index (χ4v) is 5.81. The number of carbonyl (C=O) groups excluding carboxylic acids is 2. The van der Waals surface area contributed by atoms with Gasteiger partial charge in [-0.15, -0.1) is 0 Å². The van der Waals surface area contributed by atoms with Crippen LogP contribution in [0.2, 0.25) is 0 Å². The van der Waals surface area contributed by atoms with Gasteiger partial charge in [-0.3, -0.25) is 0 Å². The van der Waals surface area contributed by atoms with Gasteiger partial charge in [0.1, 0.15) is 0 Å². The van der Waals surface area contributed by atoms with Crippen LogP contribution in [-0.4, -0.2) is 27.3 Å². The Morgan fingerprint density at radius 1 is 0.625 bits per heavy atom. The van der Waals surface area contributed by atoms with Crippen molar-refractivity contribution in [3.63, 3.8) is 0 Å². The molecule has 0 unspecified atom stereocenters. The second kappa shape index (κ2) is 11.5. The van der Waals surface area contributed by atoms with Crippen LogP contribution in [0, 0.1) is 10.8 Å². The van der Waals surface area contributed by atoms with Crippen LogP contribution < -0.4 is 0 Å². The molecule has 0 aromatic rings. The number of hydrogen-bond acceptors (Lipinski definition) is 3. The van der Waals surface area contributed by atoms with Crippen molar-refractivity contribution >= 4 is 27.3 Å². The fraction of sp³-hybridized carbons (Fsp3) is 0.900. The Balaban J connectivity index is 3.83. The molecule has 0 radical (unpaired) electrons. The van der Waals surface area contributed by atoms with Crippen LogP contribution in [0.3, 0.4) is 0 Å². The van der Waals surface area contributed by atoms with Crippen LogP contribution in [0.4, 0.5) is 0 Å². The van der Waals surface area contributed by atoms with Crippen molar-refractivity contribution in [1.29, 1.82) is 0 Å². The van der Waals surface area contributed by atoms with E-state index >= 15 is 0 Å². The molecule has 0 saturated carbocycles. The maximum absolute atomic E-state index is 12.1. The molecule has 140 valence electrons. The summed E-state index contributed by atoms with van der Waals surface area (Å²) in [6.45, 7) is 13.3. The van der Waals surface area contributed by atoms with E-state index in [0.29, 0.717) is 23.7 Å².